The first-order valence-electron chi connectivity index (χ1n) is 6.30. The van der Waals surface area contributed by atoms with Crippen LogP contribution in [0.2, 0.25) is 10.0 Å². The van der Waals surface area contributed by atoms with Crippen molar-refractivity contribution in [2.45, 2.75) is 24.7 Å². The predicted molar refractivity (Wildman–Crippen MR) is 86.4 cm³/mol. The van der Waals surface area contributed by atoms with Crippen LogP contribution in [0.5, 0.6) is 0 Å². The second-order valence-electron chi connectivity index (χ2n) is 4.27. The number of halogens is 2. The molecule has 99 valence electrons. The Morgan fingerprint density at radius 1 is 1.21 bits per heavy atom. The highest BCUT2D eigenvalue weighted by molar-refractivity contribution is 7.99. The summed E-state index contributed by atoms with van der Waals surface area (Å²) in [7, 11) is 0. The number of hydrogen-bond acceptors (Lipinski definition) is 1. The number of hydrogen-bond donors (Lipinski definition) is 0. The average molecular weight is 310 g/mol. The first-order valence-corrected chi connectivity index (χ1v) is 8.05. The van der Waals surface area contributed by atoms with Gasteiger partial charge in [0.05, 0.1) is 0 Å². The number of rotatable bonds is 5. The quantitative estimate of drug-likeness (QED) is 0.458. The number of unbranched alkanes of at least 4 members (excludes halogenated alkanes) is 1. The Morgan fingerprint density at radius 2 is 2.05 bits per heavy atom. The third-order valence-corrected chi connectivity index (χ3v) is 4.36. The van der Waals surface area contributed by atoms with E-state index >= 15 is 0 Å². The van der Waals surface area contributed by atoms with Gasteiger partial charge in [-0.15, -0.1) is 11.8 Å². The molecule has 19 heavy (non-hydrogen) atoms. The second-order valence-corrected chi connectivity index (χ2v) is 6.25. The van der Waals surface area contributed by atoms with Crippen LogP contribution < -0.4 is 0 Å². The van der Waals surface area contributed by atoms with E-state index < -0.39 is 0 Å². The highest BCUT2D eigenvalue weighted by Gasteiger charge is 2.07. The highest BCUT2D eigenvalue weighted by Crippen LogP contribution is 2.34. The summed E-state index contributed by atoms with van der Waals surface area (Å²) in [5.74, 6) is 1.11. The monoisotopic (exact) mass is 309 g/mol. The zero-order chi connectivity index (χ0) is 13.7. The van der Waals surface area contributed by atoms with E-state index in [4.69, 9.17) is 23.2 Å². The van der Waals surface area contributed by atoms with Crippen LogP contribution in [0.3, 0.4) is 0 Å². The van der Waals surface area contributed by atoms with E-state index in [2.05, 4.69) is 19.1 Å². The van der Waals surface area contributed by atoms with E-state index in [-0.39, 0.29) is 0 Å². The summed E-state index contributed by atoms with van der Waals surface area (Å²) in [4.78, 5) is 1.21. The summed E-state index contributed by atoms with van der Waals surface area (Å²) in [6.45, 7) is 2.20. The van der Waals surface area contributed by atoms with Gasteiger partial charge in [0.1, 0.15) is 0 Å². The van der Waals surface area contributed by atoms with Crippen molar-refractivity contribution in [2.75, 3.05) is 5.75 Å². The molecule has 0 nitrogen and oxygen atoms in total. The van der Waals surface area contributed by atoms with Crippen molar-refractivity contribution >= 4 is 35.0 Å². The third-order valence-electron chi connectivity index (χ3n) is 2.77. The molecule has 1 radical (unpaired) electrons. The van der Waals surface area contributed by atoms with Crippen molar-refractivity contribution in [3.8, 4) is 11.1 Å². The molecule has 0 saturated carbocycles. The van der Waals surface area contributed by atoms with Gasteiger partial charge in [0.15, 0.2) is 0 Å². The normalized spacial score (nSPS) is 10.7. The SMILES string of the molecule is CCCCSc1c[c]c(Cl)cc1-c1cccc(Cl)c1. The molecule has 0 spiro atoms. The zero-order valence-corrected chi connectivity index (χ0v) is 13.1. The molecule has 0 heterocycles. The molecule has 0 atom stereocenters. The van der Waals surface area contributed by atoms with E-state index in [1.807, 2.05) is 42.1 Å². The van der Waals surface area contributed by atoms with Crippen LogP contribution in [0.4, 0.5) is 0 Å². The molecule has 0 aromatic heterocycles. The van der Waals surface area contributed by atoms with Gasteiger partial charge in [0.25, 0.3) is 0 Å². The van der Waals surface area contributed by atoms with Crippen molar-refractivity contribution < 1.29 is 0 Å². The minimum Gasteiger partial charge on any atom is -0.125 e. The van der Waals surface area contributed by atoms with Crippen LogP contribution in [0.25, 0.3) is 11.1 Å². The lowest BCUT2D eigenvalue weighted by atomic mass is 10.1. The summed E-state index contributed by atoms with van der Waals surface area (Å²) < 4.78 is 0. The molecule has 0 saturated heterocycles. The molecule has 2 aromatic carbocycles. The van der Waals surface area contributed by atoms with Crippen molar-refractivity contribution in [1.82, 2.24) is 0 Å². The fourth-order valence-electron chi connectivity index (χ4n) is 1.78. The van der Waals surface area contributed by atoms with Crippen molar-refractivity contribution in [3.05, 3.63) is 52.5 Å². The van der Waals surface area contributed by atoms with Gasteiger partial charge in [-0.05, 0) is 47.6 Å². The molecular weight excluding hydrogens is 295 g/mol. The lowest BCUT2D eigenvalue weighted by Gasteiger charge is -2.10. The molecule has 0 aliphatic heterocycles. The van der Waals surface area contributed by atoms with Gasteiger partial charge < -0.3 is 0 Å². The van der Waals surface area contributed by atoms with E-state index in [9.17, 15) is 0 Å². The van der Waals surface area contributed by atoms with Crippen molar-refractivity contribution in [3.63, 3.8) is 0 Å². The summed E-state index contributed by atoms with van der Waals surface area (Å²) in [5.41, 5.74) is 2.23. The summed E-state index contributed by atoms with van der Waals surface area (Å²) >= 11 is 14.0. The van der Waals surface area contributed by atoms with Crippen LogP contribution in [-0.4, -0.2) is 5.75 Å². The van der Waals surface area contributed by atoms with Gasteiger partial charge in [-0.25, -0.2) is 0 Å². The summed E-state index contributed by atoms with van der Waals surface area (Å²) in [6.07, 6.45) is 2.42. The molecule has 2 rings (SSSR count). The van der Waals surface area contributed by atoms with E-state index in [0.717, 1.165) is 21.9 Å². The Hall–Kier alpha value is -0.630. The van der Waals surface area contributed by atoms with E-state index in [0.29, 0.717) is 5.02 Å². The molecule has 0 fully saturated rings. The maximum Gasteiger partial charge on any atom is 0.0491 e. The largest absolute Gasteiger partial charge is 0.125 e. The van der Waals surface area contributed by atoms with Gasteiger partial charge in [-0.2, -0.15) is 0 Å². The molecular formula is C16H15Cl2S. The minimum absolute atomic E-state index is 0.634. The van der Waals surface area contributed by atoms with E-state index in [1.165, 1.54) is 17.7 Å². The number of benzene rings is 2. The molecule has 3 heteroatoms. The molecule has 0 bridgehead atoms. The fourth-order valence-corrected chi connectivity index (χ4v) is 3.26. The smallest absolute Gasteiger partial charge is 0.0491 e. The van der Waals surface area contributed by atoms with Gasteiger partial charge >= 0.3 is 0 Å². The van der Waals surface area contributed by atoms with Crippen LogP contribution in [0.15, 0.2) is 41.3 Å². The first kappa shape index (κ1) is 14.8. The topological polar surface area (TPSA) is 0 Å². The van der Waals surface area contributed by atoms with Crippen LogP contribution in [0.1, 0.15) is 19.8 Å². The summed E-state index contributed by atoms with van der Waals surface area (Å²) in [5, 5.41) is 1.38. The predicted octanol–water partition coefficient (Wildman–Crippen LogP) is 6.35. The van der Waals surface area contributed by atoms with Crippen LogP contribution in [0, 0.1) is 6.07 Å². The molecule has 0 aliphatic carbocycles. The van der Waals surface area contributed by atoms with Gasteiger partial charge in [-0.3, -0.25) is 0 Å². The van der Waals surface area contributed by atoms with Crippen molar-refractivity contribution in [2.24, 2.45) is 0 Å². The van der Waals surface area contributed by atoms with Gasteiger partial charge in [0, 0.05) is 21.0 Å². The number of thioether (sulfide) groups is 1. The molecule has 0 aliphatic rings. The Morgan fingerprint density at radius 3 is 2.79 bits per heavy atom. The van der Waals surface area contributed by atoms with Gasteiger partial charge in [-0.1, -0.05) is 48.7 Å². The summed E-state index contributed by atoms with van der Waals surface area (Å²) in [6, 6.07) is 14.9. The fraction of sp³-hybridized carbons (Fsp3) is 0.250. The zero-order valence-electron chi connectivity index (χ0n) is 10.7. The van der Waals surface area contributed by atoms with E-state index in [1.54, 1.807) is 0 Å². The third kappa shape index (κ3) is 4.17. The molecule has 2 aromatic rings. The Labute approximate surface area is 129 Å². The lowest BCUT2D eigenvalue weighted by molar-refractivity contribution is 0.896. The van der Waals surface area contributed by atoms with Gasteiger partial charge in [0.2, 0.25) is 0 Å². The van der Waals surface area contributed by atoms with Crippen LogP contribution >= 0.6 is 35.0 Å². The lowest BCUT2D eigenvalue weighted by Crippen LogP contribution is -1.85. The Kier molecular flexibility index (Phi) is 5.62. The Balaban J connectivity index is 2.34. The highest BCUT2D eigenvalue weighted by atomic mass is 35.5. The molecule has 0 N–H and O–H groups in total. The second kappa shape index (κ2) is 7.23. The minimum atomic E-state index is 0.634. The van der Waals surface area contributed by atoms with Crippen LogP contribution in [-0.2, 0) is 0 Å². The van der Waals surface area contributed by atoms with Crippen molar-refractivity contribution in [1.29, 1.82) is 0 Å². The standard InChI is InChI=1S/C16H15Cl2S/c1-2-3-9-19-16-8-7-14(18)11-15(16)12-5-4-6-13(17)10-12/h4-6,8,10-11H,2-3,9H2,1H3. The maximum atomic E-state index is 6.07. The maximum absolute atomic E-state index is 6.07. The molecule has 0 amide bonds. The molecule has 0 unspecified atom stereocenters. The average Bonchev–Trinajstić information content (AvgIpc) is 2.40. The Bertz CT molecular complexity index is 552. The first-order chi connectivity index (χ1) is 9.20.